The Kier molecular flexibility index (Phi) is 3.92. The highest BCUT2D eigenvalue weighted by Gasteiger charge is 2.61. The summed E-state index contributed by atoms with van der Waals surface area (Å²) in [6.45, 7) is 5.42. The minimum Gasteiger partial charge on any atom is -0.381 e. The molecule has 0 radical (unpaired) electrons. The SMILES string of the molecule is CCOC[C@H]1CCS(=O)(=O)C12CN(Cc1cccs1)C2. The van der Waals surface area contributed by atoms with Crippen molar-refractivity contribution in [3.8, 4) is 0 Å². The van der Waals surface area contributed by atoms with E-state index in [2.05, 4.69) is 16.3 Å². The fourth-order valence-corrected chi connectivity index (χ4v) is 6.61. The molecule has 2 aliphatic heterocycles. The Labute approximate surface area is 124 Å². The Balaban J connectivity index is 1.68. The van der Waals surface area contributed by atoms with E-state index >= 15 is 0 Å². The minimum absolute atomic E-state index is 0.173. The second kappa shape index (κ2) is 5.40. The molecular formula is C14H21NO3S2. The molecule has 2 fully saturated rings. The van der Waals surface area contributed by atoms with Gasteiger partial charge in [-0.15, -0.1) is 11.3 Å². The van der Waals surface area contributed by atoms with Gasteiger partial charge in [-0.05, 0) is 24.8 Å². The maximum atomic E-state index is 12.4. The molecule has 1 atom stereocenters. The number of ether oxygens (including phenoxy) is 1. The van der Waals surface area contributed by atoms with Crippen molar-refractivity contribution in [3.63, 3.8) is 0 Å². The fraction of sp³-hybridized carbons (Fsp3) is 0.714. The van der Waals surface area contributed by atoms with Crippen molar-refractivity contribution >= 4 is 21.2 Å². The smallest absolute Gasteiger partial charge is 0.158 e. The largest absolute Gasteiger partial charge is 0.381 e. The molecule has 0 amide bonds. The molecule has 0 N–H and O–H groups in total. The molecule has 3 rings (SSSR count). The molecule has 2 saturated heterocycles. The van der Waals surface area contributed by atoms with Crippen LogP contribution in [0.2, 0.25) is 0 Å². The third-order valence-electron chi connectivity index (χ3n) is 4.56. The summed E-state index contributed by atoms with van der Waals surface area (Å²) in [6, 6.07) is 4.15. The second-order valence-electron chi connectivity index (χ2n) is 5.75. The molecule has 1 spiro atoms. The van der Waals surface area contributed by atoms with Crippen LogP contribution in [-0.2, 0) is 21.1 Å². The molecule has 1 aromatic heterocycles. The van der Waals surface area contributed by atoms with E-state index in [4.69, 9.17) is 4.74 Å². The Bertz CT molecular complexity index is 547. The van der Waals surface area contributed by atoms with Gasteiger partial charge in [0.05, 0.1) is 12.4 Å². The first-order chi connectivity index (χ1) is 9.57. The summed E-state index contributed by atoms with van der Waals surface area (Å²) < 4.78 is 29.8. The zero-order chi connectivity index (χ0) is 14.2. The predicted molar refractivity (Wildman–Crippen MR) is 80.7 cm³/mol. The van der Waals surface area contributed by atoms with Crippen LogP contribution in [0, 0.1) is 5.92 Å². The molecular weight excluding hydrogens is 294 g/mol. The van der Waals surface area contributed by atoms with E-state index in [1.165, 1.54) is 4.88 Å². The molecule has 0 aromatic carbocycles. The van der Waals surface area contributed by atoms with Gasteiger partial charge in [-0.2, -0.15) is 0 Å². The van der Waals surface area contributed by atoms with Crippen LogP contribution >= 0.6 is 11.3 Å². The summed E-state index contributed by atoms with van der Waals surface area (Å²) in [7, 11) is -2.96. The summed E-state index contributed by atoms with van der Waals surface area (Å²) >= 11 is 1.73. The number of sulfone groups is 1. The van der Waals surface area contributed by atoms with Crippen molar-refractivity contribution < 1.29 is 13.2 Å². The Morgan fingerprint density at radius 2 is 2.30 bits per heavy atom. The monoisotopic (exact) mass is 315 g/mol. The standard InChI is InChI=1S/C14H21NO3S2/c1-2-18-9-12-5-7-20(16,17)14(12)10-15(11-14)8-13-4-3-6-19-13/h3-4,6,12H,2,5,7-11H2,1H3/t12-/m1/s1. The zero-order valence-corrected chi connectivity index (χ0v) is 13.4. The lowest BCUT2D eigenvalue weighted by Crippen LogP contribution is -2.67. The van der Waals surface area contributed by atoms with Crippen LogP contribution < -0.4 is 0 Å². The maximum absolute atomic E-state index is 12.4. The van der Waals surface area contributed by atoms with Gasteiger partial charge in [0.1, 0.15) is 4.75 Å². The summed E-state index contributed by atoms with van der Waals surface area (Å²) in [5.41, 5.74) is 0. The van der Waals surface area contributed by atoms with Crippen molar-refractivity contribution in [2.45, 2.75) is 24.6 Å². The quantitative estimate of drug-likeness (QED) is 0.831. The van der Waals surface area contributed by atoms with Gasteiger partial charge in [0.2, 0.25) is 0 Å². The molecule has 3 heterocycles. The second-order valence-corrected chi connectivity index (χ2v) is 9.24. The highest BCUT2D eigenvalue weighted by molar-refractivity contribution is 7.93. The van der Waals surface area contributed by atoms with Crippen molar-refractivity contribution in [2.75, 3.05) is 32.1 Å². The highest BCUT2D eigenvalue weighted by atomic mass is 32.2. The van der Waals surface area contributed by atoms with Gasteiger partial charge in [0.25, 0.3) is 0 Å². The predicted octanol–water partition coefficient (Wildman–Crippen LogP) is 1.77. The summed E-state index contributed by atoms with van der Waals surface area (Å²) in [5.74, 6) is 0.504. The molecule has 0 unspecified atom stereocenters. The van der Waals surface area contributed by atoms with Gasteiger partial charge in [-0.1, -0.05) is 6.07 Å². The molecule has 2 aliphatic rings. The van der Waals surface area contributed by atoms with Gasteiger partial charge >= 0.3 is 0 Å². The number of hydrogen-bond acceptors (Lipinski definition) is 5. The van der Waals surface area contributed by atoms with Crippen LogP contribution in [0.1, 0.15) is 18.2 Å². The van der Waals surface area contributed by atoms with Gasteiger partial charge in [0.15, 0.2) is 9.84 Å². The van der Waals surface area contributed by atoms with Gasteiger partial charge in [-0.25, -0.2) is 8.42 Å². The van der Waals surface area contributed by atoms with E-state index in [1.807, 2.05) is 13.0 Å². The molecule has 20 heavy (non-hydrogen) atoms. The first kappa shape index (κ1) is 14.5. The number of rotatable bonds is 5. The van der Waals surface area contributed by atoms with Crippen LogP contribution in [0.3, 0.4) is 0 Å². The van der Waals surface area contributed by atoms with E-state index in [0.717, 1.165) is 13.0 Å². The normalized spacial score (nSPS) is 27.8. The van der Waals surface area contributed by atoms with Crippen LogP contribution in [0.15, 0.2) is 17.5 Å². The molecule has 6 heteroatoms. The Morgan fingerprint density at radius 3 is 2.95 bits per heavy atom. The number of nitrogens with zero attached hydrogens (tertiary/aromatic N) is 1. The first-order valence-electron chi connectivity index (χ1n) is 7.12. The minimum atomic E-state index is -2.96. The van der Waals surface area contributed by atoms with Gasteiger partial charge < -0.3 is 4.74 Å². The van der Waals surface area contributed by atoms with E-state index < -0.39 is 14.6 Å². The Morgan fingerprint density at radius 1 is 1.50 bits per heavy atom. The van der Waals surface area contributed by atoms with E-state index in [0.29, 0.717) is 32.1 Å². The fourth-order valence-electron chi connectivity index (χ4n) is 3.41. The third-order valence-corrected chi connectivity index (χ3v) is 8.03. The van der Waals surface area contributed by atoms with E-state index in [-0.39, 0.29) is 5.92 Å². The summed E-state index contributed by atoms with van der Waals surface area (Å²) in [5, 5.41) is 2.06. The van der Waals surface area contributed by atoms with E-state index in [9.17, 15) is 8.42 Å². The lowest BCUT2D eigenvalue weighted by atomic mass is 9.83. The van der Waals surface area contributed by atoms with Crippen LogP contribution in [0.25, 0.3) is 0 Å². The molecule has 112 valence electrons. The van der Waals surface area contributed by atoms with Crippen LogP contribution in [0.4, 0.5) is 0 Å². The van der Waals surface area contributed by atoms with Gasteiger partial charge in [-0.3, -0.25) is 4.90 Å². The number of likely N-dealkylation sites (tertiary alicyclic amines) is 1. The molecule has 0 bridgehead atoms. The molecule has 0 aliphatic carbocycles. The summed E-state index contributed by atoms with van der Waals surface area (Å²) in [6.07, 6.45) is 0.759. The topological polar surface area (TPSA) is 46.6 Å². The van der Waals surface area contributed by atoms with Crippen molar-refractivity contribution in [3.05, 3.63) is 22.4 Å². The molecule has 4 nitrogen and oxygen atoms in total. The van der Waals surface area contributed by atoms with Crippen molar-refractivity contribution in [2.24, 2.45) is 5.92 Å². The third kappa shape index (κ3) is 2.32. The maximum Gasteiger partial charge on any atom is 0.158 e. The van der Waals surface area contributed by atoms with Crippen molar-refractivity contribution in [1.29, 1.82) is 0 Å². The Hall–Kier alpha value is -0.430. The lowest BCUT2D eigenvalue weighted by molar-refractivity contribution is 0.0297. The zero-order valence-electron chi connectivity index (χ0n) is 11.7. The lowest BCUT2D eigenvalue weighted by Gasteiger charge is -2.49. The highest BCUT2D eigenvalue weighted by Crippen LogP contribution is 2.45. The van der Waals surface area contributed by atoms with E-state index in [1.54, 1.807) is 11.3 Å². The molecule has 0 saturated carbocycles. The molecule has 1 aromatic rings. The average Bonchev–Trinajstić information content (AvgIpc) is 2.94. The number of hydrogen-bond donors (Lipinski definition) is 0. The van der Waals surface area contributed by atoms with Gasteiger partial charge in [0, 0.05) is 37.0 Å². The van der Waals surface area contributed by atoms with Crippen LogP contribution in [0.5, 0.6) is 0 Å². The summed E-state index contributed by atoms with van der Waals surface area (Å²) in [4.78, 5) is 3.55. The van der Waals surface area contributed by atoms with Crippen molar-refractivity contribution in [1.82, 2.24) is 4.90 Å². The number of thiophene rings is 1. The first-order valence-corrected chi connectivity index (χ1v) is 9.65. The van der Waals surface area contributed by atoms with Crippen LogP contribution in [-0.4, -0.2) is 50.1 Å². The average molecular weight is 315 g/mol.